The summed E-state index contributed by atoms with van der Waals surface area (Å²) in [4.78, 5) is 45.8. The number of hydrogen-bond donors (Lipinski definition) is 4. The number of rotatable bonds is 0. The Bertz CT molecular complexity index is 336. The van der Waals surface area contributed by atoms with Crippen molar-refractivity contribution in [3.63, 3.8) is 0 Å². The van der Waals surface area contributed by atoms with Crippen LogP contribution < -0.4 is 10.6 Å². The van der Waals surface area contributed by atoms with E-state index in [1.54, 1.807) is 0 Å². The number of nitrogens with one attached hydrogen (secondary N) is 2. The molecule has 17 heavy (non-hydrogen) atoms. The Morgan fingerprint density at radius 1 is 1.12 bits per heavy atom. The molecule has 4 N–H and O–H groups in total. The molecule has 98 valence electrons. The first-order valence-electron chi connectivity index (χ1n) is 5.40. The summed E-state index contributed by atoms with van der Waals surface area (Å²) < 4.78 is 4.31. The van der Waals surface area contributed by atoms with E-state index in [2.05, 4.69) is 19.9 Å². The van der Waals surface area contributed by atoms with Crippen LogP contribution in [0, 0.1) is 0 Å². The number of hydrogen-bond acceptors (Lipinski definition) is 8. The third-order valence-electron chi connectivity index (χ3n) is 2.84. The van der Waals surface area contributed by atoms with Crippen LogP contribution in [0.4, 0.5) is 0 Å². The van der Waals surface area contributed by atoms with Crippen molar-refractivity contribution in [1.82, 2.24) is 10.6 Å². The SMILES string of the molecule is O=C1ONC2CCCC[C@@H]2N[PH](O)(O)OC1=O. The minimum absolute atomic E-state index is 0.256. The average molecular weight is 266 g/mol. The maximum absolute atomic E-state index is 11.1. The van der Waals surface area contributed by atoms with Crippen molar-refractivity contribution in [2.24, 2.45) is 0 Å². The molecule has 1 saturated heterocycles. The van der Waals surface area contributed by atoms with Crippen LogP contribution in [-0.2, 0) is 19.0 Å². The van der Waals surface area contributed by atoms with Crippen molar-refractivity contribution in [3.05, 3.63) is 0 Å². The van der Waals surface area contributed by atoms with Crippen molar-refractivity contribution in [1.29, 1.82) is 0 Å². The van der Waals surface area contributed by atoms with Crippen LogP contribution in [0.5, 0.6) is 0 Å². The molecular formula is C8H15N2O6P. The first kappa shape index (κ1) is 12.7. The zero-order valence-electron chi connectivity index (χ0n) is 9.01. The third-order valence-corrected chi connectivity index (χ3v) is 4.06. The van der Waals surface area contributed by atoms with Crippen molar-refractivity contribution in [3.8, 4) is 0 Å². The molecule has 1 aliphatic carbocycles. The van der Waals surface area contributed by atoms with Gasteiger partial charge in [0.05, 0.1) is 0 Å². The number of carbonyl (C=O) groups is 2. The van der Waals surface area contributed by atoms with Crippen LogP contribution in [0.25, 0.3) is 0 Å². The normalized spacial score (nSPS) is 35.4. The second kappa shape index (κ2) is 4.83. The van der Waals surface area contributed by atoms with Gasteiger partial charge in [0.2, 0.25) is 0 Å². The van der Waals surface area contributed by atoms with Gasteiger partial charge in [0.25, 0.3) is 0 Å². The van der Waals surface area contributed by atoms with Crippen LogP contribution in [0.1, 0.15) is 25.7 Å². The molecule has 0 aromatic heterocycles. The fourth-order valence-corrected chi connectivity index (χ4v) is 3.29. The number of carbonyl (C=O) groups excluding carboxylic acids is 2. The molecule has 0 aromatic carbocycles. The summed E-state index contributed by atoms with van der Waals surface area (Å²) >= 11 is 0. The van der Waals surface area contributed by atoms with Gasteiger partial charge in [-0.15, -0.1) is 0 Å². The molecule has 2 fully saturated rings. The van der Waals surface area contributed by atoms with Gasteiger partial charge in [0.15, 0.2) is 0 Å². The van der Waals surface area contributed by atoms with Crippen LogP contribution >= 0.6 is 8.09 Å². The Morgan fingerprint density at radius 3 is 2.47 bits per heavy atom. The van der Waals surface area contributed by atoms with E-state index in [0.29, 0.717) is 12.8 Å². The van der Waals surface area contributed by atoms with E-state index in [1.165, 1.54) is 0 Å². The number of fused-ring (bicyclic) bond motifs is 1. The summed E-state index contributed by atoms with van der Waals surface area (Å²) in [5, 5.41) is 2.50. The Balaban J connectivity index is 2.16. The predicted molar refractivity (Wildman–Crippen MR) is 57.3 cm³/mol. The molecule has 1 saturated carbocycles. The molecule has 1 unspecified atom stereocenters. The molecule has 9 heteroatoms. The second-order valence-corrected chi connectivity index (χ2v) is 5.86. The molecule has 0 bridgehead atoms. The van der Waals surface area contributed by atoms with Crippen LogP contribution in [0.2, 0.25) is 0 Å². The van der Waals surface area contributed by atoms with Crippen molar-refractivity contribution >= 4 is 20.0 Å². The Kier molecular flexibility index (Phi) is 3.60. The Morgan fingerprint density at radius 2 is 1.76 bits per heavy atom. The zero-order chi connectivity index (χ0) is 12.5. The van der Waals surface area contributed by atoms with E-state index in [9.17, 15) is 19.4 Å². The van der Waals surface area contributed by atoms with Crippen molar-refractivity contribution < 1.29 is 28.7 Å². The van der Waals surface area contributed by atoms with Gasteiger partial charge in [-0.25, -0.2) is 0 Å². The summed E-state index contributed by atoms with van der Waals surface area (Å²) in [5.74, 6) is -2.70. The molecule has 1 heterocycles. The van der Waals surface area contributed by atoms with E-state index >= 15 is 0 Å². The molecular weight excluding hydrogens is 251 g/mol. The van der Waals surface area contributed by atoms with Gasteiger partial charge >= 0.3 is 97.1 Å². The molecule has 2 aliphatic rings. The topological polar surface area (TPSA) is 117 Å². The Labute approximate surface area is 97.9 Å². The van der Waals surface area contributed by atoms with Gasteiger partial charge in [0, 0.05) is 0 Å². The average Bonchev–Trinajstić information content (AvgIpc) is 2.29. The first-order valence-corrected chi connectivity index (χ1v) is 7.20. The fraction of sp³-hybridized carbons (Fsp3) is 0.750. The van der Waals surface area contributed by atoms with Gasteiger partial charge in [-0.1, -0.05) is 0 Å². The zero-order valence-corrected chi connectivity index (χ0v) is 10.0. The molecule has 0 spiro atoms. The standard InChI is InChI=1S/C8H15N2O6P/c11-7-8(12)16-17(13,14)10-6-4-2-1-3-5(6)9-15-7/h5-6,9-10,13-14,17H,1-4H2/t5?,6-/m0/s1. The quantitative estimate of drug-likeness (QED) is 0.322. The van der Waals surface area contributed by atoms with Gasteiger partial charge in [-0.2, -0.15) is 0 Å². The predicted octanol–water partition coefficient (Wildman–Crippen LogP) is -1.11. The van der Waals surface area contributed by atoms with Gasteiger partial charge < -0.3 is 0 Å². The Hall–Kier alpha value is -0.790. The van der Waals surface area contributed by atoms with Crippen molar-refractivity contribution in [2.75, 3.05) is 0 Å². The maximum atomic E-state index is 11.1. The van der Waals surface area contributed by atoms with E-state index < -0.39 is 20.0 Å². The fourth-order valence-electron chi connectivity index (χ4n) is 2.06. The molecule has 8 nitrogen and oxygen atoms in total. The molecule has 0 radical (unpaired) electrons. The molecule has 0 amide bonds. The van der Waals surface area contributed by atoms with Crippen LogP contribution in [0.3, 0.4) is 0 Å². The third kappa shape index (κ3) is 3.11. The molecule has 2 rings (SSSR count). The molecule has 0 aromatic rings. The van der Waals surface area contributed by atoms with Crippen molar-refractivity contribution in [2.45, 2.75) is 37.8 Å². The number of hydroxylamine groups is 1. The van der Waals surface area contributed by atoms with Gasteiger partial charge in [-0.3, -0.25) is 0 Å². The monoisotopic (exact) mass is 266 g/mol. The summed E-state index contributed by atoms with van der Waals surface area (Å²) in [6.07, 6.45) is 3.25. The van der Waals surface area contributed by atoms with E-state index in [-0.39, 0.29) is 12.1 Å². The summed E-state index contributed by atoms with van der Waals surface area (Å²) in [7, 11) is -4.36. The first-order chi connectivity index (χ1) is 7.98. The van der Waals surface area contributed by atoms with Gasteiger partial charge in [0.1, 0.15) is 0 Å². The second-order valence-electron chi connectivity index (χ2n) is 4.15. The summed E-state index contributed by atoms with van der Waals surface area (Å²) in [5.41, 5.74) is 2.47. The molecule has 2 atom stereocenters. The van der Waals surface area contributed by atoms with Crippen LogP contribution in [0.15, 0.2) is 0 Å². The summed E-state index contributed by atoms with van der Waals surface area (Å²) in [6.45, 7) is 0. The summed E-state index contributed by atoms with van der Waals surface area (Å²) in [6, 6.07) is -0.558. The molecule has 1 aliphatic heterocycles. The minimum atomic E-state index is -4.36. The van der Waals surface area contributed by atoms with E-state index in [0.717, 1.165) is 12.8 Å². The van der Waals surface area contributed by atoms with Gasteiger partial charge in [-0.05, 0) is 0 Å². The van der Waals surface area contributed by atoms with Crippen LogP contribution in [-0.4, -0.2) is 33.8 Å². The van der Waals surface area contributed by atoms with E-state index in [1.807, 2.05) is 0 Å². The van der Waals surface area contributed by atoms with E-state index in [4.69, 9.17) is 0 Å².